The van der Waals surface area contributed by atoms with E-state index in [0.29, 0.717) is 18.7 Å². The number of carbonyl (C=O) groups excluding carboxylic acids is 1. The fraction of sp³-hybridized carbons (Fsp3) is 0.500. The highest BCUT2D eigenvalue weighted by molar-refractivity contribution is 5.76. The van der Waals surface area contributed by atoms with Crippen LogP contribution in [0, 0.1) is 12.3 Å². The third-order valence-electron chi connectivity index (χ3n) is 1.62. The summed E-state index contributed by atoms with van der Waals surface area (Å²) in [6.07, 6.45) is 5.79. The number of nitrogens with zero attached hydrogens (tertiary/aromatic N) is 3. The molecule has 14 heavy (non-hydrogen) atoms. The van der Waals surface area contributed by atoms with Crippen molar-refractivity contribution in [3.63, 3.8) is 0 Å². The van der Waals surface area contributed by atoms with Gasteiger partial charge in [0.2, 0.25) is 5.91 Å². The van der Waals surface area contributed by atoms with E-state index in [1.165, 1.54) is 0 Å². The zero-order valence-corrected chi connectivity index (χ0v) is 7.82. The molecule has 0 saturated heterocycles. The molecular weight excluding hydrogens is 182 g/mol. The molecule has 0 aliphatic heterocycles. The molecule has 0 fully saturated rings. The molecular formula is C8H11N5O. The maximum absolute atomic E-state index is 11.2. The first-order chi connectivity index (χ1) is 6.74. The Bertz CT molecular complexity index is 326. The summed E-state index contributed by atoms with van der Waals surface area (Å²) in [5, 5.41) is 15.9. The Morgan fingerprint density at radius 3 is 3.14 bits per heavy atom. The fourth-order valence-corrected chi connectivity index (χ4v) is 0.917. The summed E-state index contributed by atoms with van der Waals surface area (Å²) < 4.78 is 0. The molecule has 6 heteroatoms. The minimum atomic E-state index is -0.251. The molecule has 0 radical (unpaired) electrons. The van der Waals surface area contributed by atoms with Crippen molar-refractivity contribution < 1.29 is 4.79 Å². The number of H-pyrrole nitrogens is 1. The summed E-state index contributed by atoms with van der Waals surface area (Å²) in [6, 6.07) is -0.251. The molecule has 0 aromatic carbocycles. The lowest BCUT2D eigenvalue weighted by atomic mass is 10.2. The fourth-order valence-electron chi connectivity index (χ4n) is 0.917. The second kappa shape index (κ2) is 4.97. The summed E-state index contributed by atoms with van der Waals surface area (Å²) in [7, 11) is 0. The predicted molar refractivity (Wildman–Crippen MR) is 48.8 cm³/mol. The molecule has 0 bridgehead atoms. The van der Waals surface area contributed by atoms with Crippen LogP contribution < -0.4 is 5.32 Å². The third-order valence-corrected chi connectivity index (χ3v) is 1.62. The largest absolute Gasteiger partial charge is 0.346 e. The summed E-state index contributed by atoms with van der Waals surface area (Å²) in [4.78, 5) is 11.2. The van der Waals surface area contributed by atoms with Crippen molar-refractivity contribution in [3.8, 4) is 12.3 Å². The van der Waals surface area contributed by atoms with E-state index in [1.54, 1.807) is 6.92 Å². The van der Waals surface area contributed by atoms with Gasteiger partial charge in [-0.3, -0.25) is 4.79 Å². The molecule has 1 aromatic rings. The molecule has 6 nitrogen and oxygen atoms in total. The Labute approximate surface area is 81.5 Å². The normalized spacial score (nSPS) is 11.7. The van der Waals surface area contributed by atoms with Crippen molar-refractivity contribution in [3.05, 3.63) is 5.82 Å². The predicted octanol–water partition coefficient (Wildman–Crippen LogP) is -0.210. The number of carbonyl (C=O) groups is 1. The molecule has 0 saturated carbocycles. The van der Waals surface area contributed by atoms with Crippen molar-refractivity contribution in [1.82, 2.24) is 25.9 Å². The van der Waals surface area contributed by atoms with Crippen molar-refractivity contribution >= 4 is 5.91 Å². The quantitative estimate of drug-likeness (QED) is 0.648. The Morgan fingerprint density at radius 1 is 1.79 bits per heavy atom. The number of rotatable bonds is 4. The summed E-state index contributed by atoms with van der Waals surface area (Å²) >= 11 is 0. The smallest absolute Gasteiger partial charge is 0.221 e. The van der Waals surface area contributed by atoms with Gasteiger partial charge in [0.25, 0.3) is 0 Å². The van der Waals surface area contributed by atoms with Gasteiger partial charge in [-0.1, -0.05) is 5.21 Å². The average molecular weight is 193 g/mol. The Hall–Kier alpha value is -1.90. The van der Waals surface area contributed by atoms with Gasteiger partial charge in [-0.2, -0.15) is 5.21 Å². The van der Waals surface area contributed by atoms with Crippen LogP contribution >= 0.6 is 0 Å². The van der Waals surface area contributed by atoms with Gasteiger partial charge in [-0.25, -0.2) is 0 Å². The molecule has 1 heterocycles. The molecule has 2 N–H and O–H groups in total. The number of terminal acetylenes is 1. The van der Waals surface area contributed by atoms with E-state index in [1.807, 2.05) is 0 Å². The maximum atomic E-state index is 11.2. The highest BCUT2D eigenvalue weighted by Gasteiger charge is 2.12. The molecule has 1 rings (SSSR count). The molecule has 1 aromatic heterocycles. The van der Waals surface area contributed by atoms with Crippen LogP contribution in [0.3, 0.4) is 0 Å². The van der Waals surface area contributed by atoms with Gasteiger partial charge in [0.05, 0.1) is 6.04 Å². The summed E-state index contributed by atoms with van der Waals surface area (Å²) in [5.74, 6) is 2.74. The third kappa shape index (κ3) is 2.86. The van der Waals surface area contributed by atoms with Gasteiger partial charge in [-0.05, 0) is 6.92 Å². The van der Waals surface area contributed by atoms with Crippen LogP contribution in [0.5, 0.6) is 0 Å². The SMILES string of the molecule is C#CCCC(=O)NC(C)c1nn[nH]n1. The average Bonchev–Trinajstić information content (AvgIpc) is 2.67. The first-order valence-corrected chi connectivity index (χ1v) is 4.20. The van der Waals surface area contributed by atoms with Crippen molar-refractivity contribution in [2.45, 2.75) is 25.8 Å². The molecule has 0 aliphatic rings. The second-order valence-electron chi connectivity index (χ2n) is 2.76. The molecule has 0 aliphatic carbocycles. The van der Waals surface area contributed by atoms with Crippen LogP contribution in [0.1, 0.15) is 31.6 Å². The lowest BCUT2D eigenvalue weighted by Gasteiger charge is -2.08. The minimum Gasteiger partial charge on any atom is -0.346 e. The lowest BCUT2D eigenvalue weighted by Crippen LogP contribution is -2.27. The van der Waals surface area contributed by atoms with Crippen LogP contribution in [0.25, 0.3) is 0 Å². The van der Waals surface area contributed by atoms with E-state index < -0.39 is 0 Å². The maximum Gasteiger partial charge on any atom is 0.221 e. The van der Waals surface area contributed by atoms with Crippen LogP contribution in [0.2, 0.25) is 0 Å². The number of hydrogen-bond acceptors (Lipinski definition) is 4. The number of amides is 1. The molecule has 0 spiro atoms. The molecule has 74 valence electrons. The Morgan fingerprint density at radius 2 is 2.57 bits per heavy atom. The van der Waals surface area contributed by atoms with E-state index in [2.05, 4.69) is 31.9 Å². The van der Waals surface area contributed by atoms with Gasteiger partial charge in [0, 0.05) is 12.8 Å². The van der Waals surface area contributed by atoms with Crippen LogP contribution in [0.15, 0.2) is 0 Å². The monoisotopic (exact) mass is 193 g/mol. The number of nitrogens with one attached hydrogen (secondary N) is 2. The molecule has 1 atom stereocenters. The summed E-state index contributed by atoms with van der Waals surface area (Å²) in [6.45, 7) is 1.78. The van der Waals surface area contributed by atoms with Crippen molar-refractivity contribution in [2.75, 3.05) is 0 Å². The molecule has 1 unspecified atom stereocenters. The second-order valence-corrected chi connectivity index (χ2v) is 2.76. The van der Waals surface area contributed by atoms with E-state index >= 15 is 0 Å². The number of tetrazole rings is 1. The van der Waals surface area contributed by atoms with Gasteiger partial charge in [0.15, 0.2) is 5.82 Å². The van der Waals surface area contributed by atoms with E-state index in [0.717, 1.165) is 0 Å². The van der Waals surface area contributed by atoms with Crippen molar-refractivity contribution in [2.24, 2.45) is 0 Å². The van der Waals surface area contributed by atoms with Gasteiger partial charge >= 0.3 is 0 Å². The Kier molecular flexibility index (Phi) is 3.61. The number of aromatic nitrogens is 4. The van der Waals surface area contributed by atoms with Gasteiger partial charge in [0.1, 0.15) is 0 Å². The summed E-state index contributed by atoms with van der Waals surface area (Å²) in [5.41, 5.74) is 0. The van der Waals surface area contributed by atoms with Crippen molar-refractivity contribution in [1.29, 1.82) is 0 Å². The zero-order valence-electron chi connectivity index (χ0n) is 7.82. The van der Waals surface area contributed by atoms with Gasteiger partial charge in [-0.15, -0.1) is 22.5 Å². The first kappa shape index (κ1) is 10.2. The minimum absolute atomic E-state index is 0.111. The standard InChI is InChI=1S/C8H11N5O/c1-3-4-5-7(14)9-6(2)8-10-12-13-11-8/h1,6H,4-5H2,2H3,(H,9,14)(H,10,11,12,13). The zero-order chi connectivity index (χ0) is 10.4. The lowest BCUT2D eigenvalue weighted by molar-refractivity contribution is -0.121. The first-order valence-electron chi connectivity index (χ1n) is 4.20. The molecule has 1 amide bonds. The van der Waals surface area contributed by atoms with Crippen LogP contribution in [0.4, 0.5) is 0 Å². The highest BCUT2D eigenvalue weighted by atomic mass is 16.1. The number of hydrogen-bond donors (Lipinski definition) is 2. The topological polar surface area (TPSA) is 83.6 Å². The highest BCUT2D eigenvalue weighted by Crippen LogP contribution is 2.03. The number of aromatic amines is 1. The van der Waals surface area contributed by atoms with E-state index in [4.69, 9.17) is 6.42 Å². The van der Waals surface area contributed by atoms with Crippen LogP contribution in [-0.4, -0.2) is 26.5 Å². The van der Waals surface area contributed by atoms with Gasteiger partial charge < -0.3 is 5.32 Å². The van der Waals surface area contributed by atoms with E-state index in [-0.39, 0.29) is 11.9 Å². The van der Waals surface area contributed by atoms with E-state index in [9.17, 15) is 4.79 Å². The van der Waals surface area contributed by atoms with Crippen LogP contribution in [-0.2, 0) is 4.79 Å². The Balaban J connectivity index is 2.38.